The highest BCUT2D eigenvalue weighted by atomic mass is 19.1. The van der Waals surface area contributed by atoms with Crippen molar-refractivity contribution in [2.75, 3.05) is 7.11 Å². The maximum atomic E-state index is 13.3. The topological polar surface area (TPSA) is 242 Å². The number of carbonyl (C=O) groups is 2. The van der Waals surface area contributed by atoms with E-state index >= 15 is 0 Å². The minimum atomic E-state index is -1.91. The summed E-state index contributed by atoms with van der Waals surface area (Å²) in [7, 11) is 0.987. The quantitative estimate of drug-likeness (QED) is 0.135. The van der Waals surface area contributed by atoms with Gasteiger partial charge in [0, 0.05) is 6.07 Å². The molecule has 1 aliphatic rings. The van der Waals surface area contributed by atoms with E-state index in [-0.39, 0.29) is 5.56 Å². The molecule has 0 saturated carbocycles. The number of esters is 1. The zero-order valence-electron chi connectivity index (χ0n) is 19.3. The van der Waals surface area contributed by atoms with Crippen molar-refractivity contribution in [3.05, 3.63) is 66.7 Å². The van der Waals surface area contributed by atoms with Gasteiger partial charge in [-0.25, -0.2) is 14.4 Å². The van der Waals surface area contributed by atoms with Crippen LogP contribution in [0.25, 0.3) is 0 Å². The van der Waals surface area contributed by atoms with Crippen molar-refractivity contribution in [3.63, 3.8) is 0 Å². The molecule has 0 unspecified atom stereocenters. The van der Waals surface area contributed by atoms with Crippen molar-refractivity contribution in [2.24, 2.45) is 0 Å². The van der Waals surface area contributed by atoms with E-state index in [2.05, 4.69) is 10.1 Å². The van der Waals surface area contributed by atoms with Crippen LogP contribution in [0, 0.1) is 15.9 Å². The van der Waals surface area contributed by atoms with Crippen LogP contribution >= 0.6 is 0 Å². The molecule has 1 aromatic carbocycles. The zero-order valence-corrected chi connectivity index (χ0v) is 19.3. The Morgan fingerprint density at radius 2 is 1.95 bits per heavy atom. The number of amides is 1. The fraction of sp³-hybridized carbons (Fsp3) is 0.400. The van der Waals surface area contributed by atoms with Crippen molar-refractivity contribution in [1.82, 2.24) is 14.9 Å². The lowest BCUT2D eigenvalue weighted by Gasteiger charge is -2.38. The first-order valence-electron chi connectivity index (χ1n) is 10.5. The number of aromatic nitrogens is 2. The number of nitrogens with zero attached hydrogens (tertiary/aromatic N) is 2. The lowest BCUT2D eigenvalue weighted by Crippen LogP contribution is -2.61. The summed E-state index contributed by atoms with van der Waals surface area (Å²) in [6.45, 7) is -1.06. The summed E-state index contributed by atoms with van der Waals surface area (Å²) in [5.41, 5.74) is -2.80. The van der Waals surface area contributed by atoms with Crippen molar-refractivity contribution in [1.29, 1.82) is 0 Å². The van der Waals surface area contributed by atoms with Gasteiger partial charge in [-0.15, -0.1) is 0 Å². The fourth-order valence-electron chi connectivity index (χ4n) is 3.23. The number of rotatable bonds is 8. The molecule has 1 fully saturated rings. The number of benzene rings is 1. The van der Waals surface area contributed by atoms with Gasteiger partial charge < -0.3 is 39.6 Å². The van der Waals surface area contributed by atoms with Crippen LogP contribution in [-0.4, -0.2) is 79.7 Å². The first kappa shape index (κ1) is 28.2. The SMILES string of the molecule is COC(=O)[C@H]1O[C@@H](Oc2ccc(COC(=O)NCn3cc(F)c(=O)[nH]c3=O)cc2[N+](=O)[O-])[C@H](O)[C@@H](O)[C@@H]1O. The molecule has 0 spiro atoms. The number of nitro benzene ring substituents is 1. The second-order valence-corrected chi connectivity index (χ2v) is 7.71. The number of alkyl carbamates (subject to hydrolysis) is 1. The maximum Gasteiger partial charge on any atom is 0.408 e. The molecular formula is C20H21FN4O13. The molecule has 1 saturated heterocycles. The molecule has 2 aromatic rings. The van der Waals surface area contributed by atoms with E-state index in [0.717, 1.165) is 19.2 Å². The van der Waals surface area contributed by atoms with Gasteiger partial charge in [-0.3, -0.25) is 24.5 Å². The lowest BCUT2D eigenvalue weighted by molar-refractivity contribution is -0.387. The van der Waals surface area contributed by atoms with Crippen LogP contribution in [0.1, 0.15) is 5.56 Å². The Labute approximate surface area is 210 Å². The van der Waals surface area contributed by atoms with Gasteiger partial charge in [0.1, 0.15) is 31.6 Å². The van der Waals surface area contributed by atoms with Crippen LogP contribution in [0.5, 0.6) is 5.75 Å². The summed E-state index contributed by atoms with van der Waals surface area (Å²) in [4.78, 5) is 58.7. The van der Waals surface area contributed by atoms with Gasteiger partial charge in [0.15, 0.2) is 11.9 Å². The van der Waals surface area contributed by atoms with Gasteiger partial charge in [-0.1, -0.05) is 6.07 Å². The number of hydrogen-bond donors (Lipinski definition) is 5. The van der Waals surface area contributed by atoms with Crippen LogP contribution < -0.4 is 21.3 Å². The van der Waals surface area contributed by atoms with Gasteiger partial charge in [0.05, 0.1) is 18.2 Å². The molecule has 1 aromatic heterocycles. The number of ether oxygens (including phenoxy) is 4. The van der Waals surface area contributed by atoms with E-state index in [9.17, 15) is 49.0 Å². The molecule has 206 valence electrons. The molecule has 38 heavy (non-hydrogen) atoms. The first-order chi connectivity index (χ1) is 17.9. The van der Waals surface area contributed by atoms with Crippen LogP contribution in [0.4, 0.5) is 14.9 Å². The standard InChI is InChI=1S/C20H21FN4O13/c1-35-17(30)15-13(27)12(26)14(28)18(38-15)37-11-3-2-8(4-10(11)25(33)34)6-36-20(32)22-7-24-5-9(21)16(29)23-19(24)31/h2-5,12-15,18,26-28H,6-7H2,1H3,(H,22,32)(H,23,29,31)/t12-,13-,14+,15-,18+/m0/s1. The molecule has 5 N–H and O–H groups in total. The van der Waals surface area contributed by atoms with Gasteiger partial charge in [0.25, 0.3) is 5.56 Å². The molecule has 1 aliphatic heterocycles. The van der Waals surface area contributed by atoms with E-state index in [1.165, 1.54) is 6.07 Å². The smallest absolute Gasteiger partial charge is 0.408 e. The Bertz CT molecular complexity index is 1330. The number of aliphatic hydroxyl groups is 3. The second kappa shape index (κ2) is 11.8. The largest absolute Gasteiger partial charge is 0.467 e. The van der Waals surface area contributed by atoms with Crippen LogP contribution in [-0.2, 0) is 32.3 Å². The number of nitro groups is 1. The number of aromatic amines is 1. The third-order valence-corrected chi connectivity index (χ3v) is 5.20. The molecule has 1 amide bonds. The second-order valence-electron chi connectivity index (χ2n) is 7.71. The minimum absolute atomic E-state index is 0.0967. The summed E-state index contributed by atoms with van der Waals surface area (Å²) in [6, 6.07) is 3.27. The molecule has 2 heterocycles. The predicted octanol–water partition coefficient (Wildman–Crippen LogP) is -2.17. The Balaban J connectivity index is 1.66. The van der Waals surface area contributed by atoms with E-state index in [1.54, 1.807) is 4.98 Å². The van der Waals surface area contributed by atoms with Gasteiger partial charge >= 0.3 is 23.4 Å². The third-order valence-electron chi connectivity index (χ3n) is 5.20. The minimum Gasteiger partial charge on any atom is -0.467 e. The van der Waals surface area contributed by atoms with E-state index in [0.29, 0.717) is 10.8 Å². The summed E-state index contributed by atoms with van der Waals surface area (Å²) in [5, 5.41) is 43.8. The molecule has 3 rings (SSSR count). The summed E-state index contributed by atoms with van der Waals surface area (Å²) >= 11 is 0. The Hall–Kier alpha value is -4.39. The molecular weight excluding hydrogens is 523 g/mol. The number of carbonyl (C=O) groups excluding carboxylic acids is 2. The highest BCUT2D eigenvalue weighted by Gasteiger charge is 2.49. The molecule has 0 radical (unpaired) electrons. The van der Waals surface area contributed by atoms with Crippen LogP contribution in [0.15, 0.2) is 34.0 Å². The first-order valence-corrected chi connectivity index (χ1v) is 10.5. The highest BCUT2D eigenvalue weighted by molar-refractivity contribution is 5.75. The molecule has 0 bridgehead atoms. The summed E-state index contributed by atoms with van der Waals surface area (Å²) < 4.78 is 33.7. The highest BCUT2D eigenvalue weighted by Crippen LogP contribution is 2.32. The summed E-state index contributed by atoms with van der Waals surface area (Å²) in [5.74, 6) is -2.81. The van der Waals surface area contributed by atoms with E-state index in [1.807, 2.05) is 0 Å². The molecule has 17 nitrogen and oxygen atoms in total. The van der Waals surface area contributed by atoms with Gasteiger partial charge in [-0.05, 0) is 11.6 Å². The monoisotopic (exact) mass is 544 g/mol. The number of nitrogens with one attached hydrogen (secondary N) is 2. The van der Waals surface area contributed by atoms with E-state index < -0.39 is 89.5 Å². The van der Waals surface area contributed by atoms with Crippen molar-refractivity contribution in [2.45, 2.75) is 44.0 Å². The maximum absolute atomic E-state index is 13.3. The van der Waals surface area contributed by atoms with Gasteiger partial charge in [0.2, 0.25) is 12.1 Å². The average Bonchev–Trinajstić information content (AvgIpc) is 2.88. The van der Waals surface area contributed by atoms with E-state index in [4.69, 9.17) is 14.2 Å². The number of halogens is 1. The average molecular weight is 544 g/mol. The van der Waals surface area contributed by atoms with Crippen LogP contribution in [0.2, 0.25) is 0 Å². The molecule has 0 aliphatic carbocycles. The van der Waals surface area contributed by atoms with Crippen molar-refractivity contribution < 1.29 is 53.2 Å². The predicted molar refractivity (Wildman–Crippen MR) is 117 cm³/mol. The third kappa shape index (κ3) is 6.29. The summed E-state index contributed by atoms with van der Waals surface area (Å²) in [6.07, 6.45) is -9.76. The van der Waals surface area contributed by atoms with Crippen LogP contribution in [0.3, 0.4) is 0 Å². The number of hydrogen-bond acceptors (Lipinski definition) is 13. The molecule has 18 heteroatoms. The fourth-order valence-corrected chi connectivity index (χ4v) is 3.23. The lowest BCUT2D eigenvalue weighted by atomic mass is 9.99. The number of H-pyrrole nitrogens is 1. The molecule has 5 atom stereocenters. The van der Waals surface area contributed by atoms with Crippen molar-refractivity contribution >= 4 is 17.7 Å². The number of methoxy groups -OCH3 is 1. The van der Waals surface area contributed by atoms with Crippen molar-refractivity contribution in [3.8, 4) is 5.75 Å². The number of aliphatic hydroxyl groups excluding tert-OH is 3. The normalized spacial score (nSPS) is 22.8. The Kier molecular flexibility index (Phi) is 8.73. The Morgan fingerprint density at radius 3 is 2.61 bits per heavy atom. The van der Waals surface area contributed by atoms with Gasteiger partial charge in [-0.2, -0.15) is 4.39 Å². The zero-order chi connectivity index (χ0) is 28.1. The Morgan fingerprint density at radius 1 is 1.24 bits per heavy atom.